The van der Waals surface area contributed by atoms with Gasteiger partial charge in [0.1, 0.15) is 18.4 Å². The number of alkyl halides is 3. The summed E-state index contributed by atoms with van der Waals surface area (Å²) in [5.41, 5.74) is -1.85. The first-order chi connectivity index (χ1) is 11.7. The van der Waals surface area contributed by atoms with Gasteiger partial charge in [-0.25, -0.2) is 9.97 Å². The first-order valence-corrected chi connectivity index (χ1v) is 7.09. The van der Waals surface area contributed by atoms with Gasteiger partial charge in [-0.05, 0) is 11.8 Å². The van der Waals surface area contributed by atoms with Gasteiger partial charge >= 0.3 is 24.0 Å². The molecule has 2 aromatic rings. The van der Waals surface area contributed by atoms with Gasteiger partial charge < -0.3 is 19.6 Å². The molecule has 9 nitrogen and oxygen atoms in total. The summed E-state index contributed by atoms with van der Waals surface area (Å²) in [5.74, 6) is -0.328. The van der Waals surface area contributed by atoms with Crippen molar-refractivity contribution in [1.29, 1.82) is 0 Å². The van der Waals surface area contributed by atoms with E-state index in [9.17, 15) is 23.3 Å². The van der Waals surface area contributed by atoms with Gasteiger partial charge in [0.05, 0.1) is 5.56 Å². The topological polar surface area (TPSA) is 105 Å². The number of nitrogens with zero attached hydrogens (tertiary/aromatic N) is 5. The molecule has 0 saturated heterocycles. The summed E-state index contributed by atoms with van der Waals surface area (Å²) >= 11 is 0. The van der Waals surface area contributed by atoms with Crippen LogP contribution in [-0.4, -0.2) is 36.7 Å². The van der Waals surface area contributed by atoms with E-state index in [1.54, 1.807) is 6.92 Å². The monoisotopic (exact) mass is 359 g/mol. The fourth-order valence-corrected chi connectivity index (χ4v) is 2.20. The Kier molecular flexibility index (Phi) is 3.97. The zero-order valence-corrected chi connectivity index (χ0v) is 12.9. The molecule has 1 unspecified atom stereocenters. The van der Waals surface area contributed by atoms with E-state index in [1.807, 2.05) is 0 Å². The van der Waals surface area contributed by atoms with Crippen LogP contribution in [0.5, 0.6) is 12.0 Å². The van der Waals surface area contributed by atoms with E-state index in [1.165, 1.54) is 10.8 Å². The van der Waals surface area contributed by atoms with Crippen LogP contribution < -0.4 is 9.47 Å². The van der Waals surface area contributed by atoms with Gasteiger partial charge in [-0.15, -0.1) is 0 Å². The summed E-state index contributed by atoms with van der Waals surface area (Å²) in [5, 5.41) is 10.7. The van der Waals surface area contributed by atoms with Gasteiger partial charge in [-0.2, -0.15) is 13.2 Å². The Morgan fingerprint density at radius 2 is 2.12 bits per heavy atom. The zero-order chi connectivity index (χ0) is 18.2. The van der Waals surface area contributed by atoms with Crippen LogP contribution in [0.2, 0.25) is 0 Å². The molecule has 3 heterocycles. The summed E-state index contributed by atoms with van der Waals surface area (Å²) in [7, 11) is 0. The first-order valence-electron chi connectivity index (χ1n) is 7.09. The second kappa shape index (κ2) is 5.86. The van der Waals surface area contributed by atoms with Crippen molar-refractivity contribution in [1.82, 2.24) is 19.5 Å². The number of ether oxygens (including phenoxy) is 2. The Balaban J connectivity index is 1.65. The molecule has 25 heavy (non-hydrogen) atoms. The average Bonchev–Trinajstić information content (AvgIpc) is 2.96. The van der Waals surface area contributed by atoms with Gasteiger partial charge in [0.2, 0.25) is 0 Å². The highest BCUT2D eigenvalue weighted by atomic mass is 19.4. The smallest absolute Gasteiger partial charge is 0.419 e. The van der Waals surface area contributed by atoms with Crippen molar-refractivity contribution >= 4 is 5.82 Å². The van der Waals surface area contributed by atoms with E-state index in [4.69, 9.17) is 9.47 Å². The Bertz CT molecular complexity index is 792. The third-order valence-electron chi connectivity index (χ3n) is 3.60. The van der Waals surface area contributed by atoms with E-state index in [0.29, 0.717) is 25.4 Å². The van der Waals surface area contributed by atoms with Gasteiger partial charge in [0, 0.05) is 30.3 Å². The number of nitro groups is 1. The van der Waals surface area contributed by atoms with E-state index in [0.717, 1.165) is 0 Å². The van der Waals surface area contributed by atoms with E-state index >= 15 is 0 Å². The molecule has 1 atom stereocenters. The zero-order valence-electron chi connectivity index (χ0n) is 12.9. The minimum Gasteiger partial charge on any atom is -0.459 e. The van der Waals surface area contributed by atoms with Crippen LogP contribution in [0.4, 0.5) is 19.0 Å². The van der Waals surface area contributed by atoms with Crippen molar-refractivity contribution in [3.8, 4) is 12.0 Å². The Morgan fingerprint density at radius 3 is 2.72 bits per heavy atom. The maximum atomic E-state index is 12.5. The number of halogens is 3. The lowest BCUT2D eigenvalue weighted by molar-refractivity contribution is -0.389. The molecule has 1 aliphatic rings. The summed E-state index contributed by atoms with van der Waals surface area (Å²) < 4.78 is 49.8. The van der Waals surface area contributed by atoms with E-state index in [2.05, 4.69) is 15.0 Å². The predicted molar refractivity (Wildman–Crippen MR) is 75.1 cm³/mol. The van der Waals surface area contributed by atoms with Gasteiger partial charge in [-0.3, -0.25) is 4.57 Å². The predicted octanol–water partition coefficient (Wildman–Crippen LogP) is 2.22. The number of hydrogen-bond acceptors (Lipinski definition) is 7. The molecule has 0 aliphatic carbocycles. The molecule has 0 aromatic carbocycles. The van der Waals surface area contributed by atoms with Gasteiger partial charge in [0.25, 0.3) is 0 Å². The van der Waals surface area contributed by atoms with E-state index < -0.39 is 22.3 Å². The largest absolute Gasteiger partial charge is 0.459 e. The lowest BCUT2D eigenvalue weighted by atomic mass is 10.0. The molecule has 12 heteroatoms. The van der Waals surface area contributed by atoms with Crippen LogP contribution in [0.15, 0.2) is 18.6 Å². The molecule has 2 aromatic heterocycles. The van der Waals surface area contributed by atoms with Gasteiger partial charge in [0.15, 0.2) is 0 Å². The van der Waals surface area contributed by atoms with Crippen LogP contribution >= 0.6 is 0 Å². The molecule has 0 N–H and O–H groups in total. The lowest BCUT2D eigenvalue weighted by Gasteiger charge is -2.31. The highest BCUT2D eigenvalue weighted by Gasteiger charge is 2.38. The van der Waals surface area contributed by atoms with Crippen molar-refractivity contribution in [2.24, 2.45) is 0 Å². The molecule has 0 amide bonds. The fraction of sp³-hybridized carbons (Fsp3) is 0.462. The van der Waals surface area contributed by atoms with Crippen LogP contribution in [0, 0.1) is 10.1 Å². The maximum Gasteiger partial charge on any atom is 0.419 e. The van der Waals surface area contributed by atoms with Crippen molar-refractivity contribution in [3.63, 3.8) is 0 Å². The van der Waals surface area contributed by atoms with Crippen LogP contribution in [0.1, 0.15) is 18.9 Å². The molecule has 134 valence electrons. The van der Waals surface area contributed by atoms with Crippen LogP contribution in [0.3, 0.4) is 0 Å². The Hall–Kier alpha value is -2.92. The minimum atomic E-state index is -4.53. The second-order valence-electron chi connectivity index (χ2n) is 5.67. The molecule has 0 bridgehead atoms. The molecule has 0 saturated carbocycles. The van der Waals surface area contributed by atoms with Gasteiger partial charge in [-0.1, -0.05) is 0 Å². The van der Waals surface area contributed by atoms with E-state index in [-0.39, 0.29) is 24.4 Å². The normalized spacial score (nSPS) is 19.8. The number of hydrogen-bond donors (Lipinski definition) is 0. The highest BCUT2D eigenvalue weighted by molar-refractivity contribution is 5.22. The van der Waals surface area contributed by atoms with Crippen molar-refractivity contribution in [2.75, 3.05) is 6.61 Å². The Labute approximate surface area is 138 Å². The number of aryl methyl sites for hydroxylation is 1. The summed E-state index contributed by atoms with van der Waals surface area (Å²) in [6.45, 7) is 2.06. The van der Waals surface area contributed by atoms with Crippen molar-refractivity contribution in [2.45, 2.75) is 31.7 Å². The third kappa shape index (κ3) is 3.61. The van der Waals surface area contributed by atoms with Crippen molar-refractivity contribution < 1.29 is 27.6 Å². The lowest BCUT2D eigenvalue weighted by Crippen LogP contribution is -2.43. The minimum absolute atomic E-state index is 0.0565. The first kappa shape index (κ1) is 16.9. The summed E-state index contributed by atoms with van der Waals surface area (Å²) in [4.78, 5) is 20.9. The molecule has 1 aliphatic heterocycles. The molecule has 0 radical (unpaired) electrons. The molecule has 3 rings (SSSR count). The van der Waals surface area contributed by atoms with Crippen molar-refractivity contribution in [3.05, 3.63) is 34.3 Å². The fourth-order valence-electron chi connectivity index (χ4n) is 2.20. The van der Waals surface area contributed by atoms with Crippen LogP contribution in [-0.2, 0) is 12.7 Å². The highest BCUT2D eigenvalue weighted by Crippen LogP contribution is 2.31. The standard InChI is InChI=1S/C13H12F3N5O4/c1-12(2-3-20-6-9(21(22)23)19-11(20)25-12)7-24-10-17-4-8(5-18-10)13(14,15)16/h4-6H,2-3,7H2,1H3. The SMILES string of the molecule is CC1(COc2ncc(C(F)(F)F)cn2)CCn2cc([N+](=O)[O-])nc2O1. The number of fused-ring (bicyclic) bond motifs is 1. The molecule has 0 spiro atoms. The molecule has 0 fully saturated rings. The summed E-state index contributed by atoms with van der Waals surface area (Å²) in [6.07, 6.45) is -1.55. The number of aromatic nitrogens is 4. The van der Waals surface area contributed by atoms with Crippen LogP contribution in [0.25, 0.3) is 0 Å². The summed E-state index contributed by atoms with van der Waals surface area (Å²) in [6, 6.07) is -0.143. The average molecular weight is 359 g/mol. The maximum absolute atomic E-state index is 12.5. The third-order valence-corrected chi connectivity index (χ3v) is 3.60. The number of imidazole rings is 1. The molecular weight excluding hydrogens is 347 g/mol. The number of rotatable bonds is 4. The molecular formula is C13H12F3N5O4. The second-order valence-corrected chi connectivity index (χ2v) is 5.67. The quantitative estimate of drug-likeness (QED) is 0.609. The Morgan fingerprint density at radius 1 is 1.44 bits per heavy atom.